The van der Waals surface area contributed by atoms with Crippen molar-refractivity contribution in [3.63, 3.8) is 0 Å². The van der Waals surface area contributed by atoms with Crippen LogP contribution in [0, 0.1) is 17.8 Å². The Kier molecular flexibility index (Phi) is 3.52. The summed E-state index contributed by atoms with van der Waals surface area (Å²) >= 11 is 0. The van der Waals surface area contributed by atoms with Crippen molar-refractivity contribution in [3.8, 4) is 0 Å². The standard InChI is InChI=1S/C15H25N3O/c16-3-1-2-4-17-14(19)18-15-8-11-5-12(9-15)7-13(6-11)10-15/h1-2,11-13H,3-10,16H2,(H2,17,18,19)/b2-1+. The highest BCUT2D eigenvalue weighted by Crippen LogP contribution is 2.55. The summed E-state index contributed by atoms with van der Waals surface area (Å²) in [5, 5.41) is 6.19. The Balaban J connectivity index is 1.54. The topological polar surface area (TPSA) is 67.1 Å². The van der Waals surface area contributed by atoms with Crippen molar-refractivity contribution in [2.45, 2.75) is 44.1 Å². The van der Waals surface area contributed by atoms with Gasteiger partial charge in [0.25, 0.3) is 0 Å². The lowest BCUT2D eigenvalue weighted by Crippen LogP contribution is -2.61. The fourth-order valence-corrected chi connectivity index (χ4v) is 4.88. The molecule has 4 rings (SSSR count). The maximum absolute atomic E-state index is 12.0. The SMILES string of the molecule is NC/C=C/CNC(=O)NC12CC3CC(CC(C3)C1)C2. The van der Waals surface area contributed by atoms with Gasteiger partial charge in [-0.1, -0.05) is 12.2 Å². The van der Waals surface area contributed by atoms with E-state index in [1.54, 1.807) is 0 Å². The molecule has 0 spiro atoms. The number of rotatable bonds is 4. The third-order valence-electron chi connectivity index (χ3n) is 5.10. The van der Waals surface area contributed by atoms with Gasteiger partial charge in [-0.2, -0.15) is 0 Å². The predicted molar refractivity (Wildman–Crippen MR) is 75.6 cm³/mol. The summed E-state index contributed by atoms with van der Waals surface area (Å²) in [6, 6.07) is -0.0105. The first-order valence-corrected chi connectivity index (χ1v) is 7.60. The van der Waals surface area contributed by atoms with E-state index in [0.717, 1.165) is 17.8 Å². The van der Waals surface area contributed by atoms with Gasteiger partial charge in [0.05, 0.1) is 0 Å². The van der Waals surface area contributed by atoms with E-state index in [9.17, 15) is 4.79 Å². The van der Waals surface area contributed by atoms with Gasteiger partial charge < -0.3 is 16.4 Å². The number of hydrogen-bond acceptors (Lipinski definition) is 2. The molecular formula is C15H25N3O. The predicted octanol–water partition coefficient (Wildman–Crippen LogP) is 1.77. The largest absolute Gasteiger partial charge is 0.335 e. The number of carbonyl (C=O) groups excluding carboxylic acids is 1. The molecule has 0 atom stereocenters. The van der Waals surface area contributed by atoms with E-state index in [-0.39, 0.29) is 11.6 Å². The molecule has 4 N–H and O–H groups in total. The smallest absolute Gasteiger partial charge is 0.315 e. The van der Waals surface area contributed by atoms with Crippen molar-refractivity contribution in [3.05, 3.63) is 12.2 Å². The van der Waals surface area contributed by atoms with Crippen LogP contribution in [0.15, 0.2) is 12.2 Å². The Morgan fingerprint density at radius 2 is 1.68 bits per heavy atom. The van der Waals surface area contributed by atoms with Crippen LogP contribution >= 0.6 is 0 Å². The minimum atomic E-state index is -0.0105. The lowest BCUT2D eigenvalue weighted by molar-refractivity contribution is -0.0134. The molecule has 4 aliphatic rings. The van der Waals surface area contributed by atoms with Gasteiger partial charge in [0, 0.05) is 18.6 Å². The summed E-state index contributed by atoms with van der Waals surface area (Å²) in [6.45, 7) is 1.09. The Morgan fingerprint density at radius 1 is 1.11 bits per heavy atom. The summed E-state index contributed by atoms with van der Waals surface area (Å²) in [5.41, 5.74) is 5.47. The highest BCUT2D eigenvalue weighted by molar-refractivity contribution is 5.75. The van der Waals surface area contributed by atoms with Crippen molar-refractivity contribution in [1.82, 2.24) is 10.6 Å². The van der Waals surface area contributed by atoms with Gasteiger partial charge in [-0.25, -0.2) is 4.79 Å². The minimum absolute atomic E-state index is 0.0105. The van der Waals surface area contributed by atoms with E-state index >= 15 is 0 Å². The monoisotopic (exact) mass is 263 g/mol. The van der Waals surface area contributed by atoms with Crippen LogP contribution < -0.4 is 16.4 Å². The quantitative estimate of drug-likeness (QED) is 0.677. The van der Waals surface area contributed by atoms with E-state index < -0.39 is 0 Å². The molecule has 4 aliphatic carbocycles. The molecule has 19 heavy (non-hydrogen) atoms. The normalized spacial score (nSPS) is 39.7. The van der Waals surface area contributed by atoms with Crippen LogP contribution in [0.3, 0.4) is 0 Å². The number of amides is 2. The molecule has 4 nitrogen and oxygen atoms in total. The zero-order valence-electron chi connectivity index (χ0n) is 11.5. The molecule has 0 aromatic carbocycles. The van der Waals surface area contributed by atoms with Crippen LogP contribution in [0.25, 0.3) is 0 Å². The van der Waals surface area contributed by atoms with Crippen molar-refractivity contribution in [1.29, 1.82) is 0 Å². The Bertz CT molecular complexity index is 342. The van der Waals surface area contributed by atoms with Gasteiger partial charge in [-0.3, -0.25) is 0 Å². The lowest BCUT2D eigenvalue weighted by Gasteiger charge is -2.56. The van der Waals surface area contributed by atoms with Crippen molar-refractivity contribution >= 4 is 6.03 Å². The molecule has 0 aromatic heterocycles. The van der Waals surface area contributed by atoms with Crippen LogP contribution in [0.2, 0.25) is 0 Å². The molecule has 0 radical (unpaired) electrons. The van der Waals surface area contributed by atoms with Crippen molar-refractivity contribution in [2.24, 2.45) is 23.5 Å². The van der Waals surface area contributed by atoms with E-state index in [2.05, 4.69) is 10.6 Å². The molecule has 0 unspecified atom stereocenters. The number of nitrogens with two attached hydrogens (primary N) is 1. The summed E-state index contributed by atoms with van der Waals surface area (Å²) in [5.74, 6) is 2.59. The van der Waals surface area contributed by atoms with Crippen LogP contribution in [0.5, 0.6) is 0 Å². The first-order valence-electron chi connectivity index (χ1n) is 7.60. The molecule has 4 heteroatoms. The average Bonchev–Trinajstić information content (AvgIpc) is 2.32. The summed E-state index contributed by atoms with van der Waals surface area (Å²) in [6.07, 6.45) is 11.6. The second-order valence-corrected chi connectivity index (χ2v) is 6.74. The summed E-state index contributed by atoms with van der Waals surface area (Å²) in [7, 11) is 0. The Labute approximate surface area is 115 Å². The van der Waals surface area contributed by atoms with E-state index in [4.69, 9.17) is 5.73 Å². The van der Waals surface area contributed by atoms with E-state index in [1.165, 1.54) is 38.5 Å². The van der Waals surface area contributed by atoms with Crippen LogP contribution in [0.4, 0.5) is 4.79 Å². The first-order chi connectivity index (χ1) is 9.19. The van der Waals surface area contributed by atoms with E-state index in [0.29, 0.717) is 13.1 Å². The zero-order chi connectivity index (χ0) is 13.3. The van der Waals surface area contributed by atoms with Crippen LogP contribution in [-0.2, 0) is 0 Å². The van der Waals surface area contributed by atoms with Gasteiger partial charge in [-0.05, 0) is 56.3 Å². The molecule has 0 aromatic rings. The number of urea groups is 1. The Hall–Kier alpha value is -1.03. The fourth-order valence-electron chi connectivity index (χ4n) is 4.88. The van der Waals surface area contributed by atoms with Crippen molar-refractivity contribution < 1.29 is 4.79 Å². The van der Waals surface area contributed by atoms with Gasteiger partial charge in [-0.15, -0.1) is 0 Å². The first kappa shape index (κ1) is 13.0. The highest BCUT2D eigenvalue weighted by atomic mass is 16.2. The number of nitrogens with one attached hydrogen (secondary N) is 2. The maximum atomic E-state index is 12.0. The van der Waals surface area contributed by atoms with Gasteiger partial charge in [0.2, 0.25) is 0 Å². The van der Waals surface area contributed by atoms with E-state index in [1.807, 2.05) is 12.2 Å². The molecule has 4 saturated carbocycles. The molecule has 106 valence electrons. The fraction of sp³-hybridized carbons (Fsp3) is 0.800. The average molecular weight is 263 g/mol. The lowest BCUT2D eigenvalue weighted by atomic mass is 9.53. The molecule has 0 aliphatic heterocycles. The molecule has 0 saturated heterocycles. The van der Waals surface area contributed by atoms with Crippen molar-refractivity contribution in [2.75, 3.05) is 13.1 Å². The number of carbonyl (C=O) groups is 1. The van der Waals surface area contributed by atoms with Gasteiger partial charge in [0.15, 0.2) is 0 Å². The van der Waals surface area contributed by atoms with Crippen LogP contribution in [0.1, 0.15) is 38.5 Å². The third-order valence-corrected chi connectivity index (χ3v) is 5.10. The van der Waals surface area contributed by atoms with Gasteiger partial charge in [0.1, 0.15) is 0 Å². The minimum Gasteiger partial charge on any atom is -0.335 e. The molecule has 4 fully saturated rings. The second-order valence-electron chi connectivity index (χ2n) is 6.74. The maximum Gasteiger partial charge on any atom is 0.315 e. The zero-order valence-corrected chi connectivity index (χ0v) is 11.5. The second kappa shape index (κ2) is 5.16. The molecule has 4 bridgehead atoms. The Morgan fingerprint density at radius 3 is 2.21 bits per heavy atom. The highest BCUT2D eigenvalue weighted by Gasteiger charge is 2.51. The third kappa shape index (κ3) is 2.78. The number of hydrogen-bond donors (Lipinski definition) is 3. The molecule has 0 heterocycles. The van der Waals surface area contributed by atoms with Gasteiger partial charge >= 0.3 is 6.03 Å². The summed E-state index contributed by atoms with van der Waals surface area (Å²) in [4.78, 5) is 12.0. The molecule has 2 amide bonds. The summed E-state index contributed by atoms with van der Waals surface area (Å²) < 4.78 is 0. The molecular weight excluding hydrogens is 238 g/mol. The van der Waals surface area contributed by atoms with Crippen LogP contribution in [-0.4, -0.2) is 24.7 Å².